The van der Waals surface area contributed by atoms with E-state index in [1.54, 1.807) is 0 Å². The molecule has 2 aromatic heterocycles. The lowest BCUT2D eigenvalue weighted by molar-refractivity contribution is 0.592. The zero-order valence-corrected chi connectivity index (χ0v) is 27.4. The Labute approximate surface area is 283 Å². The number of imidazole rings is 1. The van der Waals surface area contributed by atoms with Crippen molar-refractivity contribution < 1.29 is 4.57 Å². The van der Waals surface area contributed by atoms with Crippen LogP contribution in [0.5, 0.6) is 0 Å². The van der Waals surface area contributed by atoms with Crippen LogP contribution < -0.4 is 15.9 Å². The molecule has 3 nitrogen and oxygen atoms in total. The lowest BCUT2D eigenvalue weighted by atomic mass is 9.97. The molecule has 49 heavy (non-hydrogen) atoms. The van der Waals surface area contributed by atoms with Crippen LogP contribution in [0.4, 0.5) is 0 Å². The first kappa shape index (κ1) is 28.0. The summed E-state index contributed by atoms with van der Waals surface area (Å²) >= 11 is 0. The molecule has 0 saturated heterocycles. The van der Waals surface area contributed by atoms with Crippen LogP contribution >= 0.6 is 7.14 Å². The number of pyridine rings is 1. The lowest BCUT2D eigenvalue weighted by Crippen LogP contribution is -2.25. The van der Waals surface area contributed by atoms with Crippen LogP contribution in [-0.2, 0) is 4.57 Å². The lowest BCUT2D eigenvalue weighted by Gasteiger charge is -2.21. The first-order valence-corrected chi connectivity index (χ1v) is 18.3. The van der Waals surface area contributed by atoms with E-state index in [4.69, 9.17) is 4.98 Å². The Bertz CT molecular complexity index is 2980. The van der Waals surface area contributed by atoms with Gasteiger partial charge in [0.2, 0.25) is 0 Å². The van der Waals surface area contributed by atoms with Crippen molar-refractivity contribution in [3.8, 4) is 11.1 Å². The molecule has 0 bridgehead atoms. The van der Waals surface area contributed by atoms with Crippen molar-refractivity contribution in [3.63, 3.8) is 0 Å². The summed E-state index contributed by atoms with van der Waals surface area (Å²) in [6, 6.07) is 60.9. The molecular formula is C45H29N2OP. The molecule has 4 heteroatoms. The molecule has 0 aliphatic rings. The Hall–Kier alpha value is -6.02. The molecule has 0 amide bonds. The first-order chi connectivity index (χ1) is 24.1. The molecule has 10 rings (SSSR count). The predicted octanol–water partition coefficient (Wildman–Crippen LogP) is 10.4. The third-order valence-electron chi connectivity index (χ3n) is 9.99. The maximum Gasteiger partial charge on any atom is 0.171 e. The normalized spacial score (nSPS) is 13.1. The number of hydrogen-bond acceptors (Lipinski definition) is 2. The average molecular weight is 645 g/mol. The second-order valence-electron chi connectivity index (χ2n) is 12.8. The maximum absolute atomic E-state index is 15.5. The highest BCUT2D eigenvalue weighted by Gasteiger charge is 2.30. The van der Waals surface area contributed by atoms with Crippen LogP contribution in [0.15, 0.2) is 176 Å². The van der Waals surface area contributed by atoms with Crippen molar-refractivity contribution in [3.05, 3.63) is 176 Å². The van der Waals surface area contributed by atoms with Crippen LogP contribution in [0, 0.1) is 0 Å². The number of benzene rings is 8. The van der Waals surface area contributed by atoms with Crippen molar-refractivity contribution in [2.75, 3.05) is 0 Å². The molecule has 0 aliphatic carbocycles. The van der Waals surface area contributed by atoms with Gasteiger partial charge in [-0.15, -0.1) is 0 Å². The van der Waals surface area contributed by atoms with E-state index in [1.165, 1.54) is 10.8 Å². The summed E-state index contributed by atoms with van der Waals surface area (Å²) in [5, 5.41) is 10.4. The van der Waals surface area contributed by atoms with E-state index in [0.717, 1.165) is 76.2 Å². The number of hydrogen-bond donors (Lipinski definition) is 0. The number of aromatic nitrogens is 2. The van der Waals surface area contributed by atoms with Crippen molar-refractivity contribution in [2.24, 2.45) is 0 Å². The van der Waals surface area contributed by atoms with Crippen LogP contribution in [-0.4, -0.2) is 9.38 Å². The molecule has 0 spiro atoms. The molecule has 2 heterocycles. The summed E-state index contributed by atoms with van der Waals surface area (Å²) in [4.78, 5) is 5.13. The Kier molecular flexibility index (Phi) is 6.15. The van der Waals surface area contributed by atoms with E-state index in [0.29, 0.717) is 0 Å². The predicted molar refractivity (Wildman–Crippen MR) is 208 cm³/mol. The largest absolute Gasteiger partial charge is 0.309 e. The summed E-state index contributed by atoms with van der Waals surface area (Å²) in [6.45, 7) is 0. The third kappa shape index (κ3) is 4.30. The maximum atomic E-state index is 15.5. The van der Waals surface area contributed by atoms with Crippen molar-refractivity contribution in [2.45, 2.75) is 0 Å². The van der Waals surface area contributed by atoms with E-state index >= 15 is 4.57 Å². The minimum Gasteiger partial charge on any atom is -0.309 e. The van der Waals surface area contributed by atoms with Crippen molar-refractivity contribution >= 4 is 83.0 Å². The molecule has 10 aromatic rings. The summed E-state index contributed by atoms with van der Waals surface area (Å²) in [7, 11) is -3.18. The number of fused-ring (bicyclic) bond motifs is 10. The van der Waals surface area contributed by atoms with Crippen LogP contribution in [0.1, 0.15) is 0 Å². The molecule has 1 unspecified atom stereocenters. The smallest absolute Gasteiger partial charge is 0.171 e. The molecule has 0 radical (unpaired) electrons. The van der Waals surface area contributed by atoms with E-state index in [2.05, 4.69) is 120 Å². The monoisotopic (exact) mass is 644 g/mol. The number of rotatable bonds is 4. The fraction of sp³-hybridized carbons (Fsp3) is 0. The summed E-state index contributed by atoms with van der Waals surface area (Å²) in [5.74, 6) is 0. The first-order valence-electron chi connectivity index (χ1n) is 16.6. The zero-order valence-electron chi connectivity index (χ0n) is 26.5. The van der Waals surface area contributed by atoms with Gasteiger partial charge in [0.05, 0.1) is 16.6 Å². The zero-order chi connectivity index (χ0) is 32.5. The van der Waals surface area contributed by atoms with Gasteiger partial charge in [0, 0.05) is 26.7 Å². The van der Waals surface area contributed by atoms with E-state index in [-0.39, 0.29) is 0 Å². The van der Waals surface area contributed by atoms with Crippen LogP contribution in [0.2, 0.25) is 0 Å². The molecule has 230 valence electrons. The summed E-state index contributed by atoms with van der Waals surface area (Å²) in [5.41, 5.74) is 6.42. The minimum absolute atomic E-state index is 0.828. The quantitative estimate of drug-likeness (QED) is 0.141. The topological polar surface area (TPSA) is 34.4 Å². The van der Waals surface area contributed by atoms with Gasteiger partial charge in [-0.05, 0) is 80.5 Å². The molecule has 0 N–H and O–H groups in total. The third-order valence-corrected chi connectivity index (χ3v) is 13.0. The molecule has 0 fully saturated rings. The van der Waals surface area contributed by atoms with Gasteiger partial charge in [-0.1, -0.05) is 133 Å². The summed E-state index contributed by atoms with van der Waals surface area (Å²) in [6.07, 6.45) is 0. The number of nitrogens with zero attached hydrogens (tertiary/aromatic N) is 2. The van der Waals surface area contributed by atoms with Gasteiger partial charge >= 0.3 is 0 Å². The van der Waals surface area contributed by atoms with Crippen LogP contribution in [0.25, 0.3) is 71.0 Å². The summed E-state index contributed by atoms with van der Waals surface area (Å²) < 4.78 is 17.8. The van der Waals surface area contributed by atoms with E-state index < -0.39 is 7.14 Å². The molecule has 0 aliphatic heterocycles. The van der Waals surface area contributed by atoms with Gasteiger partial charge in [0.25, 0.3) is 0 Å². The second kappa shape index (κ2) is 10.8. The van der Waals surface area contributed by atoms with Crippen molar-refractivity contribution in [1.29, 1.82) is 0 Å². The van der Waals surface area contributed by atoms with Gasteiger partial charge in [-0.2, -0.15) is 0 Å². The Balaban J connectivity index is 1.16. The van der Waals surface area contributed by atoms with Gasteiger partial charge in [-0.25, -0.2) is 4.98 Å². The molecule has 0 saturated carbocycles. The van der Waals surface area contributed by atoms with Crippen LogP contribution in [0.3, 0.4) is 0 Å². The second-order valence-corrected chi connectivity index (χ2v) is 15.5. The standard InChI is InChI=1S/C45H29N2OP/c48-49(36-12-2-1-3-13-36,37-23-20-30-10-4-5-11-32(30)27-37)38-24-21-31-18-19-33(26-35(31)28-38)34-22-25-39-40-14-6-8-16-43(40)47-44-17-9-7-15-42(44)46-45(47)41(39)29-34/h1-29H. The molecular weight excluding hydrogens is 615 g/mol. The number of para-hydroxylation sites is 3. The van der Waals surface area contributed by atoms with E-state index in [9.17, 15) is 0 Å². The fourth-order valence-corrected chi connectivity index (χ4v) is 10.3. The Morgan fingerprint density at radius 2 is 1.02 bits per heavy atom. The van der Waals surface area contributed by atoms with Gasteiger partial charge in [0.1, 0.15) is 5.65 Å². The molecule has 1 atom stereocenters. The highest BCUT2D eigenvalue weighted by molar-refractivity contribution is 7.85. The van der Waals surface area contributed by atoms with Gasteiger partial charge < -0.3 is 4.57 Å². The molecule has 8 aromatic carbocycles. The Morgan fingerprint density at radius 1 is 0.408 bits per heavy atom. The highest BCUT2D eigenvalue weighted by atomic mass is 31.2. The van der Waals surface area contributed by atoms with Gasteiger partial charge in [0.15, 0.2) is 7.14 Å². The minimum atomic E-state index is -3.18. The SMILES string of the molecule is O=P(c1ccccc1)(c1ccc2ccccc2c1)c1ccc2ccc(-c3ccc4c5ccccc5n5c6ccccc6nc5c4c3)cc2c1. The Morgan fingerprint density at radius 3 is 1.86 bits per heavy atom. The van der Waals surface area contributed by atoms with Gasteiger partial charge in [-0.3, -0.25) is 4.40 Å². The average Bonchev–Trinajstić information content (AvgIpc) is 3.57. The van der Waals surface area contributed by atoms with E-state index in [1.807, 2.05) is 60.7 Å². The fourth-order valence-electron chi connectivity index (χ4n) is 7.56. The highest BCUT2D eigenvalue weighted by Crippen LogP contribution is 2.44. The van der Waals surface area contributed by atoms with Crippen molar-refractivity contribution in [1.82, 2.24) is 9.38 Å².